The summed E-state index contributed by atoms with van der Waals surface area (Å²) in [6, 6.07) is 18.2. The summed E-state index contributed by atoms with van der Waals surface area (Å²) in [5, 5.41) is 0. The first-order valence-electron chi connectivity index (χ1n) is 16.5. The van der Waals surface area contributed by atoms with Gasteiger partial charge in [0.05, 0.1) is 0 Å². The van der Waals surface area contributed by atoms with Crippen molar-refractivity contribution in [2.75, 3.05) is 0 Å². The minimum atomic E-state index is 0.646. The third-order valence-electron chi connectivity index (χ3n) is 7.25. The van der Waals surface area contributed by atoms with Gasteiger partial charge in [-0.2, -0.15) is 0 Å². The van der Waals surface area contributed by atoms with E-state index in [0.717, 1.165) is 23.7 Å². The number of rotatable bonds is 14. The van der Waals surface area contributed by atoms with Gasteiger partial charge in [0, 0.05) is 0 Å². The average molecular weight is 537 g/mol. The molecule has 224 valence electrons. The third-order valence-corrected chi connectivity index (χ3v) is 7.25. The van der Waals surface area contributed by atoms with Crippen LogP contribution in [0.5, 0.6) is 0 Å². The molecule has 0 fully saturated rings. The molecule has 0 unspecified atom stereocenters. The fourth-order valence-corrected chi connectivity index (χ4v) is 4.57. The highest BCUT2D eigenvalue weighted by Gasteiger charge is 2.01. The van der Waals surface area contributed by atoms with Crippen molar-refractivity contribution in [3.63, 3.8) is 0 Å². The Hall–Kier alpha value is -1.56. The molecule has 0 heterocycles. The van der Waals surface area contributed by atoms with Gasteiger partial charge in [-0.05, 0) is 77.0 Å². The highest BCUT2D eigenvalue weighted by atomic mass is 14.1. The second kappa shape index (κ2) is 22.2. The number of hydrogen-bond donors (Lipinski definition) is 0. The molecule has 0 saturated heterocycles. The lowest BCUT2D eigenvalue weighted by Gasteiger charge is -2.08. The van der Waals surface area contributed by atoms with Gasteiger partial charge >= 0.3 is 0 Å². The largest absolute Gasteiger partial charge is 0.0628 e. The molecule has 0 aliphatic carbocycles. The van der Waals surface area contributed by atoms with Crippen LogP contribution >= 0.6 is 0 Å². The summed E-state index contributed by atoms with van der Waals surface area (Å²) in [7, 11) is 0. The fourth-order valence-electron chi connectivity index (χ4n) is 4.57. The molecule has 2 aromatic carbocycles. The van der Waals surface area contributed by atoms with Crippen molar-refractivity contribution in [1.29, 1.82) is 0 Å². The Balaban J connectivity index is 0.000000572. The van der Waals surface area contributed by atoms with Crippen molar-refractivity contribution in [2.24, 2.45) is 23.7 Å². The maximum Gasteiger partial charge on any atom is -0.0219 e. The van der Waals surface area contributed by atoms with Crippen LogP contribution in [0.25, 0.3) is 0 Å². The van der Waals surface area contributed by atoms with Gasteiger partial charge in [-0.25, -0.2) is 0 Å². The Labute approximate surface area is 246 Å². The molecule has 0 amide bonds. The van der Waals surface area contributed by atoms with Crippen LogP contribution in [-0.4, -0.2) is 0 Å². The summed E-state index contributed by atoms with van der Waals surface area (Å²) in [6.07, 6.45) is 12.2. The molecule has 0 bridgehead atoms. The minimum absolute atomic E-state index is 0.646. The maximum atomic E-state index is 2.30. The lowest BCUT2D eigenvalue weighted by Crippen LogP contribution is -1.94. The van der Waals surface area contributed by atoms with E-state index in [2.05, 4.69) is 132 Å². The maximum absolute atomic E-state index is 2.30. The smallest absolute Gasteiger partial charge is 0.0219 e. The SMILES string of the molecule is CC(C)CCCCC(C)C.CC(C)CCCCc1ccc(C(C)C)cc1.CC(C)Cc1ccc(C(C)C)cc1. The van der Waals surface area contributed by atoms with E-state index >= 15 is 0 Å². The number of unbranched alkanes of at least 4 members (excludes halogenated alkanes) is 2. The number of aryl methyl sites for hydroxylation is 1. The van der Waals surface area contributed by atoms with Crippen molar-refractivity contribution in [3.8, 4) is 0 Å². The van der Waals surface area contributed by atoms with E-state index in [-0.39, 0.29) is 0 Å². The summed E-state index contributed by atoms with van der Waals surface area (Å²) in [5.41, 5.74) is 5.84. The first-order chi connectivity index (χ1) is 18.3. The number of hydrogen-bond acceptors (Lipinski definition) is 0. The van der Waals surface area contributed by atoms with Crippen LogP contribution in [0.3, 0.4) is 0 Å². The first kappa shape index (κ1) is 37.4. The summed E-state index contributed by atoms with van der Waals surface area (Å²) in [6.45, 7) is 27.3. The molecule has 0 saturated carbocycles. The second-order valence-corrected chi connectivity index (χ2v) is 14.1. The van der Waals surface area contributed by atoms with Crippen molar-refractivity contribution in [2.45, 2.75) is 153 Å². The molecule has 0 N–H and O–H groups in total. The molecule has 0 aliphatic rings. The predicted molar refractivity (Wildman–Crippen MR) is 180 cm³/mol. The molecular weight excluding hydrogens is 468 g/mol. The van der Waals surface area contributed by atoms with Crippen LogP contribution in [0.1, 0.15) is 162 Å². The third kappa shape index (κ3) is 21.9. The van der Waals surface area contributed by atoms with Crippen molar-refractivity contribution in [1.82, 2.24) is 0 Å². The van der Waals surface area contributed by atoms with Crippen molar-refractivity contribution in [3.05, 3.63) is 70.8 Å². The van der Waals surface area contributed by atoms with Gasteiger partial charge in [-0.1, -0.05) is 170 Å². The summed E-state index contributed by atoms with van der Waals surface area (Å²) in [5.74, 6) is 4.69. The van der Waals surface area contributed by atoms with Crippen molar-refractivity contribution < 1.29 is 0 Å². The molecule has 0 aromatic heterocycles. The predicted octanol–water partition coefficient (Wildman–Crippen LogP) is 13.0. The van der Waals surface area contributed by atoms with Gasteiger partial charge in [0.15, 0.2) is 0 Å². The summed E-state index contributed by atoms with van der Waals surface area (Å²) < 4.78 is 0. The highest BCUT2D eigenvalue weighted by Crippen LogP contribution is 2.18. The zero-order valence-electron chi connectivity index (χ0n) is 28.4. The van der Waals surface area contributed by atoms with Crippen LogP contribution in [0, 0.1) is 23.7 Å². The zero-order chi connectivity index (χ0) is 29.8. The molecule has 0 aliphatic heterocycles. The average Bonchev–Trinajstić information content (AvgIpc) is 2.85. The normalized spacial score (nSPS) is 11.3. The Morgan fingerprint density at radius 3 is 1.03 bits per heavy atom. The molecule has 0 nitrogen and oxygen atoms in total. The Morgan fingerprint density at radius 1 is 0.385 bits per heavy atom. The molecular formula is C39H68. The molecule has 0 spiro atoms. The molecule has 0 heteroatoms. The summed E-state index contributed by atoms with van der Waals surface area (Å²) >= 11 is 0. The van der Waals surface area contributed by atoms with Gasteiger partial charge in [0.1, 0.15) is 0 Å². The van der Waals surface area contributed by atoms with E-state index in [1.165, 1.54) is 80.0 Å². The summed E-state index contributed by atoms with van der Waals surface area (Å²) in [4.78, 5) is 0. The standard InChI is InChI=1S/C16H26.C13H20.C10H22/c1-13(2)7-5-6-8-15-9-11-16(12-10-15)14(3)4;1-10(2)9-12-5-7-13(8-6-12)11(3)4;1-9(2)7-5-6-8-10(3)4/h9-14H,5-8H2,1-4H3;5-8,10-11H,9H2,1-4H3;9-10H,5-8H2,1-4H3. The van der Waals surface area contributed by atoms with E-state index in [1.54, 1.807) is 0 Å². The van der Waals surface area contributed by atoms with Gasteiger partial charge in [-0.15, -0.1) is 0 Å². The molecule has 0 radical (unpaired) electrons. The molecule has 0 atom stereocenters. The quantitative estimate of drug-likeness (QED) is 0.211. The van der Waals surface area contributed by atoms with E-state index < -0.39 is 0 Å². The Kier molecular flexibility index (Phi) is 21.3. The van der Waals surface area contributed by atoms with E-state index in [4.69, 9.17) is 0 Å². The first-order valence-corrected chi connectivity index (χ1v) is 16.5. The topological polar surface area (TPSA) is 0 Å². The van der Waals surface area contributed by atoms with Crippen LogP contribution in [0.2, 0.25) is 0 Å². The molecule has 39 heavy (non-hydrogen) atoms. The zero-order valence-corrected chi connectivity index (χ0v) is 28.4. The van der Waals surface area contributed by atoms with Gasteiger partial charge in [0.2, 0.25) is 0 Å². The van der Waals surface area contributed by atoms with Gasteiger partial charge < -0.3 is 0 Å². The van der Waals surface area contributed by atoms with Crippen molar-refractivity contribution >= 4 is 0 Å². The van der Waals surface area contributed by atoms with Gasteiger partial charge in [0.25, 0.3) is 0 Å². The van der Waals surface area contributed by atoms with Gasteiger partial charge in [-0.3, -0.25) is 0 Å². The lowest BCUT2D eigenvalue weighted by molar-refractivity contribution is 0.483. The van der Waals surface area contributed by atoms with E-state index in [1.807, 2.05) is 0 Å². The van der Waals surface area contributed by atoms with Crippen LogP contribution in [0.15, 0.2) is 48.5 Å². The van der Waals surface area contributed by atoms with E-state index in [9.17, 15) is 0 Å². The molecule has 2 aromatic rings. The van der Waals surface area contributed by atoms with E-state index in [0.29, 0.717) is 11.8 Å². The van der Waals surface area contributed by atoms with Crippen LogP contribution in [0.4, 0.5) is 0 Å². The molecule has 2 rings (SSSR count). The van der Waals surface area contributed by atoms with Crippen LogP contribution < -0.4 is 0 Å². The second-order valence-electron chi connectivity index (χ2n) is 14.1. The number of benzene rings is 2. The highest BCUT2D eigenvalue weighted by molar-refractivity contribution is 5.25. The van der Waals surface area contributed by atoms with Crippen LogP contribution in [-0.2, 0) is 12.8 Å². The minimum Gasteiger partial charge on any atom is -0.0628 e. The Bertz CT molecular complexity index is 777. The fraction of sp³-hybridized carbons (Fsp3) is 0.692. The monoisotopic (exact) mass is 537 g/mol. The lowest BCUT2D eigenvalue weighted by atomic mass is 9.98. The Morgan fingerprint density at radius 2 is 0.718 bits per heavy atom.